The van der Waals surface area contributed by atoms with E-state index >= 15 is 0 Å². The Bertz CT molecular complexity index is 963. The molecule has 0 aliphatic heterocycles. The van der Waals surface area contributed by atoms with Crippen LogP contribution >= 0.6 is 0 Å². The summed E-state index contributed by atoms with van der Waals surface area (Å²) in [4.78, 5) is 46.4. The van der Waals surface area contributed by atoms with Crippen LogP contribution in [-0.2, 0) is 19.1 Å². The van der Waals surface area contributed by atoms with Gasteiger partial charge < -0.3 is 20.5 Å². The number of carbonyl (C=O) groups excluding carboxylic acids is 3. The van der Waals surface area contributed by atoms with Crippen LogP contribution in [0.15, 0.2) is 60.2 Å². The lowest BCUT2D eigenvalue weighted by atomic mass is 10.2. The molecule has 0 heterocycles. The highest BCUT2D eigenvalue weighted by molar-refractivity contribution is 6.04. The van der Waals surface area contributed by atoms with Gasteiger partial charge in [0, 0.05) is 23.0 Å². The highest BCUT2D eigenvalue weighted by atomic mass is 16.5. The van der Waals surface area contributed by atoms with Crippen molar-refractivity contribution in [3.63, 3.8) is 0 Å². The Kier molecular flexibility index (Phi) is 7.25. The molecule has 0 saturated heterocycles. The maximum Gasteiger partial charge on any atom is 0.338 e. The average Bonchev–Trinajstić information content (AvgIpc) is 2.68. The zero-order chi connectivity index (χ0) is 21.4. The molecule has 0 bridgehead atoms. The minimum absolute atomic E-state index is 0.105. The van der Waals surface area contributed by atoms with Gasteiger partial charge in [0.05, 0.1) is 5.56 Å². The highest BCUT2D eigenvalue weighted by Gasteiger charge is 2.12. The molecular weight excluding hydrogens is 376 g/mol. The summed E-state index contributed by atoms with van der Waals surface area (Å²) in [5, 5.41) is 13.9. The fourth-order valence-electron chi connectivity index (χ4n) is 2.24. The normalized spacial score (nSPS) is 10.8. The summed E-state index contributed by atoms with van der Waals surface area (Å²) in [6.07, 6.45) is 0.956. The molecule has 3 N–H and O–H groups in total. The maximum atomic E-state index is 12.1. The number of para-hydroxylation sites is 1. The van der Waals surface area contributed by atoms with Crippen LogP contribution in [0.4, 0.5) is 11.4 Å². The molecule has 0 saturated carbocycles. The molecule has 0 radical (unpaired) electrons. The van der Waals surface area contributed by atoms with Crippen LogP contribution < -0.4 is 10.6 Å². The molecule has 29 heavy (non-hydrogen) atoms. The quantitative estimate of drug-likeness (QED) is 0.489. The molecule has 0 aliphatic rings. The van der Waals surface area contributed by atoms with Gasteiger partial charge in [-0.15, -0.1) is 0 Å². The van der Waals surface area contributed by atoms with Crippen LogP contribution in [0.1, 0.15) is 22.8 Å². The van der Waals surface area contributed by atoms with Crippen LogP contribution in [0.25, 0.3) is 0 Å². The van der Waals surface area contributed by atoms with E-state index in [2.05, 4.69) is 10.6 Å². The Morgan fingerprint density at radius 3 is 2.28 bits per heavy atom. The summed E-state index contributed by atoms with van der Waals surface area (Å²) in [7, 11) is 0. The first-order valence-electron chi connectivity index (χ1n) is 8.61. The number of benzene rings is 2. The van der Waals surface area contributed by atoms with Gasteiger partial charge in [-0.25, -0.2) is 9.59 Å². The highest BCUT2D eigenvalue weighted by Crippen LogP contribution is 2.13. The first-order valence-corrected chi connectivity index (χ1v) is 8.61. The maximum absolute atomic E-state index is 12.1. The van der Waals surface area contributed by atoms with Gasteiger partial charge in [0.1, 0.15) is 0 Å². The lowest BCUT2D eigenvalue weighted by Gasteiger charge is -2.09. The molecule has 0 fully saturated rings. The third kappa shape index (κ3) is 6.62. The molecule has 0 unspecified atom stereocenters. The number of amides is 2. The number of esters is 1. The summed E-state index contributed by atoms with van der Waals surface area (Å²) in [6, 6.07) is 13.0. The number of aryl methyl sites for hydroxylation is 1. The summed E-state index contributed by atoms with van der Waals surface area (Å²) in [6.45, 7) is 2.71. The van der Waals surface area contributed by atoms with E-state index in [-0.39, 0.29) is 11.1 Å². The second-order valence-electron chi connectivity index (χ2n) is 6.14. The van der Waals surface area contributed by atoms with E-state index in [0.29, 0.717) is 11.4 Å². The van der Waals surface area contributed by atoms with Crippen molar-refractivity contribution in [2.24, 2.45) is 0 Å². The van der Waals surface area contributed by atoms with E-state index in [1.54, 1.807) is 12.1 Å². The van der Waals surface area contributed by atoms with Crippen LogP contribution in [0.2, 0.25) is 0 Å². The number of hydrogen-bond acceptors (Lipinski definition) is 5. The molecule has 0 atom stereocenters. The van der Waals surface area contributed by atoms with Gasteiger partial charge in [-0.1, -0.05) is 18.2 Å². The number of ether oxygens (including phenoxy) is 1. The van der Waals surface area contributed by atoms with Crippen molar-refractivity contribution < 1.29 is 29.0 Å². The zero-order valence-corrected chi connectivity index (χ0v) is 15.9. The number of nitrogens with one attached hydrogen (secondary N) is 2. The predicted molar refractivity (Wildman–Crippen MR) is 107 cm³/mol. The van der Waals surface area contributed by atoms with Crippen molar-refractivity contribution >= 4 is 35.1 Å². The lowest BCUT2D eigenvalue weighted by molar-refractivity contribution is -0.132. The summed E-state index contributed by atoms with van der Waals surface area (Å²) >= 11 is 0. The third-order valence-electron chi connectivity index (χ3n) is 3.83. The van der Waals surface area contributed by atoms with E-state index in [0.717, 1.165) is 11.6 Å². The summed E-state index contributed by atoms with van der Waals surface area (Å²) in [5.74, 6) is -2.95. The van der Waals surface area contributed by atoms with Gasteiger partial charge in [0.15, 0.2) is 6.61 Å². The molecular formula is C21H20N2O6. The van der Waals surface area contributed by atoms with Crippen LogP contribution in [0.3, 0.4) is 0 Å². The van der Waals surface area contributed by atoms with Crippen molar-refractivity contribution in [1.29, 1.82) is 0 Å². The van der Waals surface area contributed by atoms with Crippen molar-refractivity contribution in [2.75, 3.05) is 17.2 Å². The van der Waals surface area contributed by atoms with Crippen LogP contribution in [0, 0.1) is 6.92 Å². The molecule has 2 amide bonds. The molecule has 8 nitrogen and oxygen atoms in total. The van der Waals surface area contributed by atoms with Crippen molar-refractivity contribution in [3.8, 4) is 0 Å². The molecule has 2 aromatic carbocycles. The molecule has 0 spiro atoms. The van der Waals surface area contributed by atoms with Crippen molar-refractivity contribution in [2.45, 2.75) is 13.8 Å². The van der Waals surface area contributed by atoms with Crippen molar-refractivity contribution in [1.82, 2.24) is 0 Å². The fraction of sp³-hybridized carbons (Fsp3) is 0.143. The van der Waals surface area contributed by atoms with Gasteiger partial charge in [-0.2, -0.15) is 0 Å². The van der Waals surface area contributed by atoms with E-state index in [1.165, 1.54) is 31.2 Å². The van der Waals surface area contributed by atoms with E-state index in [1.807, 2.05) is 19.1 Å². The minimum Gasteiger partial charge on any atom is -0.478 e. The first kappa shape index (κ1) is 21.4. The number of hydrogen-bond donors (Lipinski definition) is 3. The van der Waals surface area contributed by atoms with Gasteiger partial charge in [-0.3, -0.25) is 9.59 Å². The Hall–Kier alpha value is -3.94. The second kappa shape index (κ2) is 9.84. The Morgan fingerprint density at radius 1 is 1.00 bits per heavy atom. The Morgan fingerprint density at radius 2 is 1.66 bits per heavy atom. The van der Waals surface area contributed by atoms with Gasteiger partial charge in [0.2, 0.25) is 5.91 Å². The molecule has 0 aromatic heterocycles. The smallest absolute Gasteiger partial charge is 0.338 e. The number of rotatable bonds is 7. The van der Waals surface area contributed by atoms with Gasteiger partial charge in [0.25, 0.3) is 5.91 Å². The topological polar surface area (TPSA) is 122 Å². The van der Waals surface area contributed by atoms with E-state index in [9.17, 15) is 19.2 Å². The monoisotopic (exact) mass is 396 g/mol. The number of carboxylic acids is 1. The Labute approximate surface area is 167 Å². The number of aliphatic carboxylic acids is 1. The summed E-state index contributed by atoms with van der Waals surface area (Å²) < 4.78 is 4.99. The SMILES string of the molecule is C/C(=C/C(=O)Nc1ccc(C(=O)OCC(=O)Nc2ccccc2C)cc1)C(=O)O. The molecule has 150 valence electrons. The fourth-order valence-corrected chi connectivity index (χ4v) is 2.24. The minimum atomic E-state index is -1.19. The number of carboxylic acid groups (broad SMARTS) is 1. The Balaban J connectivity index is 1.88. The zero-order valence-electron chi connectivity index (χ0n) is 15.9. The molecule has 2 rings (SSSR count). The molecule has 0 aliphatic carbocycles. The van der Waals surface area contributed by atoms with Gasteiger partial charge >= 0.3 is 11.9 Å². The van der Waals surface area contributed by atoms with Gasteiger partial charge in [-0.05, 0) is 49.7 Å². The molecule has 8 heteroatoms. The second-order valence-corrected chi connectivity index (χ2v) is 6.14. The largest absolute Gasteiger partial charge is 0.478 e. The van der Waals surface area contributed by atoms with E-state index < -0.39 is 30.4 Å². The first-order chi connectivity index (χ1) is 13.8. The summed E-state index contributed by atoms with van der Waals surface area (Å²) in [5.41, 5.74) is 1.99. The predicted octanol–water partition coefficient (Wildman–Crippen LogP) is 2.76. The average molecular weight is 396 g/mol. The standard InChI is InChI=1S/C21H20N2O6/c1-13-5-3-4-6-17(13)23-19(25)12-29-21(28)15-7-9-16(10-8-15)22-18(24)11-14(2)20(26)27/h3-11H,12H2,1-2H3,(H,22,24)(H,23,25)(H,26,27)/b14-11-. The lowest BCUT2D eigenvalue weighted by Crippen LogP contribution is -2.21. The van der Waals surface area contributed by atoms with Crippen LogP contribution in [0.5, 0.6) is 0 Å². The van der Waals surface area contributed by atoms with Crippen molar-refractivity contribution in [3.05, 3.63) is 71.3 Å². The number of anilines is 2. The molecule has 2 aromatic rings. The van der Waals surface area contributed by atoms with Crippen LogP contribution in [-0.4, -0.2) is 35.5 Å². The third-order valence-corrected chi connectivity index (χ3v) is 3.83. The number of carbonyl (C=O) groups is 4. The van der Waals surface area contributed by atoms with E-state index in [4.69, 9.17) is 9.84 Å².